The Kier molecular flexibility index (Phi) is 10.2. The van der Waals surface area contributed by atoms with Gasteiger partial charge in [0.05, 0.1) is 26.1 Å². The Morgan fingerprint density at radius 1 is 1.04 bits per heavy atom. The van der Waals surface area contributed by atoms with Gasteiger partial charge in [-0.2, -0.15) is 0 Å². The Labute approximate surface area is 137 Å². The van der Waals surface area contributed by atoms with E-state index in [0.29, 0.717) is 0 Å². The number of carboxylic acids is 1. The second-order valence-corrected chi connectivity index (χ2v) is 5.59. The Hall–Kier alpha value is -1.63. The van der Waals surface area contributed by atoms with Gasteiger partial charge in [0, 0.05) is 0 Å². The molecule has 0 aromatic rings. The fourth-order valence-electron chi connectivity index (χ4n) is 2.06. The van der Waals surface area contributed by atoms with Crippen LogP contribution in [0.2, 0.25) is 0 Å². The molecule has 2 atom stereocenters. The molecule has 7 heteroatoms. The summed E-state index contributed by atoms with van der Waals surface area (Å²) >= 11 is 0. The number of hydrogen-bond acceptors (Lipinski definition) is 6. The van der Waals surface area contributed by atoms with Crippen molar-refractivity contribution in [2.24, 2.45) is 5.92 Å². The quantitative estimate of drug-likeness (QED) is 0.525. The second kappa shape index (κ2) is 11.0. The summed E-state index contributed by atoms with van der Waals surface area (Å²) in [5, 5.41) is 19.1. The molecular formula is C16H28O7. The van der Waals surface area contributed by atoms with Crippen molar-refractivity contribution in [3.05, 3.63) is 0 Å². The lowest BCUT2D eigenvalue weighted by Gasteiger charge is -2.22. The lowest BCUT2D eigenvalue weighted by molar-refractivity contribution is -0.173. The van der Waals surface area contributed by atoms with Gasteiger partial charge in [0.2, 0.25) is 0 Å². The molecule has 134 valence electrons. The third kappa shape index (κ3) is 8.54. The molecule has 0 rings (SSSR count). The summed E-state index contributed by atoms with van der Waals surface area (Å²) in [6.07, 6.45) is 2.26. The minimum Gasteiger partial charge on any atom is -0.479 e. The van der Waals surface area contributed by atoms with Crippen LogP contribution in [0.15, 0.2) is 0 Å². The van der Waals surface area contributed by atoms with Gasteiger partial charge >= 0.3 is 17.9 Å². The minimum absolute atomic E-state index is 0.0641. The highest BCUT2D eigenvalue weighted by atomic mass is 16.5. The first-order chi connectivity index (χ1) is 10.8. The van der Waals surface area contributed by atoms with E-state index in [1.807, 2.05) is 6.92 Å². The van der Waals surface area contributed by atoms with Gasteiger partial charge in [-0.15, -0.1) is 0 Å². The molecule has 2 unspecified atom stereocenters. The molecule has 0 radical (unpaired) electrons. The number of carbonyl (C=O) groups is 3. The number of ether oxygens (including phenoxy) is 2. The third-order valence-corrected chi connectivity index (χ3v) is 3.60. The van der Waals surface area contributed by atoms with Gasteiger partial charge in [0.15, 0.2) is 5.60 Å². The Bertz CT molecular complexity index is 394. The zero-order chi connectivity index (χ0) is 17.9. The number of aliphatic hydroxyl groups is 1. The third-order valence-electron chi connectivity index (χ3n) is 3.60. The van der Waals surface area contributed by atoms with E-state index >= 15 is 0 Å². The summed E-state index contributed by atoms with van der Waals surface area (Å²) in [5.74, 6) is -3.16. The van der Waals surface area contributed by atoms with Gasteiger partial charge in [-0.25, -0.2) is 4.79 Å². The summed E-state index contributed by atoms with van der Waals surface area (Å²) in [7, 11) is 0. The molecular weight excluding hydrogens is 304 g/mol. The molecule has 0 aliphatic heterocycles. The van der Waals surface area contributed by atoms with Crippen LogP contribution in [-0.4, -0.2) is 46.9 Å². The molecule has 0 spiro atoms. The Morgan fingerprint density at radius 3 is 2.04 bits per heavy atom. The van der Waals surface area contributed by atoms with E-state index in [4.69, 9.17) is 9.84 Å². The summed E-state index contributed by atoms with van der Waals surface area (Å²) in [6, 6.07) is 0. The van der Waals surface area contributed by atoms with Crippen molar-refractivity contribution < 1.29 is 34.1 Å². The predicted octanol–water partition coefficient (Wildman–Crippen LogP) is 1.90. The number of unbranched alkanes of at least 4 members (excludes halogenated alkanes) is 1. The highest BCUT2D eigenvalue weighted by molar-refractivity contribution is 5.88. The van der Waals surface area contributed by atoms with Crippen molar-refractivity contribution in [1.29, 1.82) is 0 Å². The summed E-state index contributed by atoms with van der Waals surface area (Å²) in [5.41, 5.74) is -2.51. The number of rotatable bonds is 12. The van der Waals surface area contributed by atoms with Crippen LogP contribution in [0.25, 0.3) is 0 Å². The highest BCUT2D eigenvalue weighted by Gasteiger charge is 2.42. The maximum Gasteiger partial charge on any atom is 0.336 e. The zero-order valence-electron chi connectivity index (χ0n) is 14.2. The van der Waals surface area contributed by atoms with E-state index in [1.54, 1.807) is 6.92 Å². The van der Waals surface area contributed by atoms with Crippen molar-refractivity contribution in [1.82, 2.24) is 0 Å². The smallest absolute Gasteiger partial charge is 0.336 e. The fourth-order valence-corrected chi connectivity index (χ4v) is 2.06. The number of esters is 2. The zero-order valence-corrected chi connectivity index (χ0v) is 14.2. The first-order valence-corrected chi connectivity index (χ1v) is 8.06. The molecule has 0 saturated heterocycles. The van der Waals surface area contributed by atoms with Gasteiger partial charge in [0.25, 0.3) is 0 Å². The molecule has 0 fully saturated rings. The van der Waals surface area contributed by atoms with Crippen molar-refractivity contribution in [2.45, 2.75) is 64.9 Å². The summed E-state index contributed by atoms with van der Waals surface area (Å²) in [6.45, 7) is 5.87. The van der Waals surface area contributed by atoms with Crippen molar-refractivity contribution in [2.75, 3.05) is 13.2 Å². The first kappa shape index (κ1) is 21.4. The second-order valence-electron chi connectivity index (χ2n) is 5.59. The van der Waals surface area contributed by atoms with E-state index in [-0.39, 0.29) is 19.1 Å². The summed E-state index contributed by atoms with van der Waals surface area (Å²) < 4.78 is 9.68. The Morgan fingerprint density at radius 2 is 1.61 bits per heavy atom. The van der Waals surface area contributed by atoms with E-state index < -0.39 is 36.4 Å². The van der Waals surface area contributed by atoms with E-state index in [2.05, 4.69) is 11.7 Å². The number of hydrogen-bond donors (Lipinski definition) is 2. The van der Waals surface area contributed by atoms with E-state index in [1.165, 1.54) is 0 Å². The van der Waals surface area contributed by atoms with Gasteiger partial charge in [-0.1, -0.05) is 33.1 Å². The normalized spacial score (nSPS) is 14.6. The minimum atomic E-state index is -2.51. The molecule has 7 nitrogen and oxygen atoms in total. The van der Waals surface area contributed by atoms with Gasteiger partial charge in [-0.05, 0) is 19.3 Å². The van der Waals surface area contributed by atoms with Crippen LogP contribution < -0.4 is 0 Å². The molecule has 0 saturated carbocycles. The highest BCUT2D eigenvalue weighted by Crippen LogP contribution is 2.19. The van der Waals surface area contributed by atoms with Crippen LogP contribution in [0.4, 0.5) is 0 Å². The lowest BCUT2D eigenvalue weighted by Crippen LogP contribution is -2.43. The maximum absolute atomic E-state index is 11.8. The standard InChI is InChI=1S/C16H28O7/c1-4-7-8-12(5-2)11-23-14(18)10-16(21,15(19)20)9-13(17)22-6-3/h12,21H,4-11H2,1-3H3,(H,19,20). The van der Waals surface area contributed by atoms with Crippen LogP contribution in [0, 0.1) is 5.92 Å². The molecule has 2 N–H and O–H groups in total. The Balaban J connectivity index is 4.55. The van der Waals surface area contributed by atoms with Crippen molar-refractivity contribution in [3.8, 4) is 0 Å². The number of aliphatic carboxylic acids is 1. The molecule has 0 bridgehead atoms. The van der Waals surface area contributed by atoms with Gasteiger partial charge in [0.1, 0.15) is 0 Å². The van der Waals surface area contributed by atoms with Crippen LogP contribution >= 0.6 is 0 Å². The largest absolute Gasteiger partial charge is 0.479 e. The van der Waals surface area contributed by atoms with Gasteiger partial charge in [-0.3, -0.25) is 9.59 Å². The van der Waals surface area contributed by atoms with E-state index in [0.717, 1.165) is 25.7 Å². The monoisotopic (exact) mass is 332 g/mol. The molecule has 0 amide bonds. The van der Waals surface area contributed by atoms with Crippen molar-refractivity contribution in [3.63, 3.8) is 0 Å². The van der Waals surface area contributed by atoms with Gasteiger partial charge < -0.3 is 19.7 Å². The maximum atomic E-state index is 11.8. The topological polar surface area (TPSA) is 110 Å². The number of carbonyl (C=O) groups excluding carboxylic acids is 2. The molecule has 0 aliphatic rings. The van der Waals surface area contributed by atoms with Crippen LogP contribution in [-0.2, 0) is 23.9 Å². The van der Waals surface area contributed by atoms with Crippen LogP contribution in [0.1, 0.15) is 59.3 Å². The average Bonchev–Trinajstić information content (AvgIpc) is 2.47. The molecule has 23 heavy (non-hydrogen) atoms. The first-order valence-electron chi connectivity index (χ1n) is 8.06. The van der Waals surface area contributed by atoms with E-state index in [9.17, 15) is 19.5 Å². The predicted molar refractivity (Wildman–Crippen MR) is 82.7 cm³/mol. The van der Waals surface area contributed by atoms with Crippen LogP contribution in [0.3, 0.4) is 0 Å². The molecule has 0 aliphatic carbocycles. The molecule has 0 heterocycles. The fraction of sp³-hybridized carbons (Fsp3) is 0.812. The average molecular weight is 332 g/mol. The summed E-state index contributed by atoms with van der Waals surface area (Å²) in [4.78, 5) is 34.3. The molecule has 0 aromatic heterocycles. The SMILES string of the molecule is CCCCC(CC)COC(=O)CC(O)(CC(=O)OCC)C(=O)O. The number of carboxylic acid groups (broad SMARTS) is 1. The lowest BCUT2D eigenvalue weighted by atomic mass is 9.95. The molecule has 0 aromatic carbocycles. The van der Waals surface area contributed by atoms with Crippen LogP contribution in [0.5, 0.6) is 0 Å². The van der Waals surface area contributed by atoms with Crippen molar-refractivity contribution >= 4 is 17.9 Å².